The van der Waals surface area contributed by atoms with Crippen molar-refractivity contribution < 1.29 is 23.9 Å². The molecular formula is C30H29BrN4O7. The fraction of sp³-hybridized carbons (Fsp3) is 0.267. The lowest BCUT2D eigenvalue weighted by Crippen LogP contribution is -2.26. The standard InChI is InChI=1S/C30H29BrN4O7/c1-16(2)22-14-23(17(3)11-26(22)40-5)28-33-24-10-8-7-9-21(24)29(36)34(28)32-15-19-12-20(31)13-25(35(38)39)27(19)42-18(4)30(37)41-6/h7-16,18H,1-6H3/t18-/m0/s1. The number of nitro groups is 1. The van der Waals surface area contributed by atoms with Crippen LogP contribution in [-0.4, -0.2) is 47.1 Å². The summed E-state index contributed by atoms with van der Waals surface area (Å²) >= 11 is 3.29. The lowest BCUT2D eigenvalue weighted by atomic mass is 9.96. The lowest BCUT2D eigenvalue weighted by Gasteiger charge is -2.17. The van der Waals surface area contributed by atoms with Gasteiger partial charge in [-0.2, -0.15) is 9.78 Å². The zero-order valence-corrected chi connectivity index (χ0v) is 25.5. The highest BCUT2D eigenvalue weighted by Crippen LogP contribution is 2.36. The number of hydrogen-bond acceptors (Lipinski definition) is 9. The van der Waals surface area contributed by atoms with Crippen LogP contribution in [0.5, 0.6) is 11.5 Å². The first-order valence-corrected chi connectivity index (χ1v) is 13.7. The molecule has 0 saturated carbocycles. The monoisotopic (exact) mass is 636 g/mol. The third-order valence-corrected chi connectivity index (χ3v) is 7.05. The van der Waals surface area contributed by atoms with E-state index in [0.717, 1.165) is 15.8 Å². The SMILES string of the molecule is COC(=O)[C@H](C)Oc1c(C=Nn2c(-c3cc(C(C)C)c(OC)cc3C)nc3ccccc3c2=O)cc(Br)cc1[N+](=O)[O-]. The summed E-state index contributed by atoms with van der Waals surface area (Å²) in [6, 6.07) is 13.5. The molecule has 4 aromatic rings. The highest BCUT2D eigenvalue weighted by Gasteiger charge is 2.26. The number of halogens is 1. The molecule has 3 aromatic carbocycles. The highest BCUT2D eigenvalue weighted by atomic mass is 79.9. The van der Waals surface area contributed by atoms with Crippen molar-refractivity contribution in [3.8, 4) is 22.9 Å². The zero-order chi connectivity index (χ0) is 30.7. The first-order chi connectivity index (χ1) is 20.0. The fourth-order valence-corrected chi connectivity index (χ4v) is 4.91. The van der Waals surface area contributed by atoms with E-state index in [9.17, 15) is 19.7 Å². The van der Waals surface area contributed by atoms with E-state index in [0.29, 0.717) is 26.7 Å². The molecule has 0 bridgehead atoms. The largest absolute Gasteiger partial charge is 0.496 e. The van der Waals surface area contributed by atoms with Crippen LogP contribution in [0.25, 0.3) is 22.3 Å². The Morgan fingerprint density at radius 1 is 1.14 bits per heavy atom. The molecule has 218 valence electrons. The second-order valence-corrected chi connectivity index (χ2v) is 10.7. The molecule has 0 aliphatic rings. The van der Waals surface area contributed by atoms with E-state index in [2.05, 4.69) is 21.0 Å². The Morgan fingerprint density at radius 2 is 1.86 bits per heavy atom. The number of benzene rings is 3. The number of fused-ring (bicyclic) bond motifs is 1. The number of nitro benzene ring substituents is 1. The highest BCUT2D eigenvalue weighted by molar-refractivity contribution is 9.10. The van der Waals surface area contributed by atoms with Gasteiger partial charge in [-0.1, -0.05) is 41.9 Å². The molecule has 11 nitrogen and oxygen atoms in total. The summed E-state index contributed by atoms with van der Waals surface area (Å²) in [7, 11) is 2.79. The van der Waals surface area contributed by atoms with Gasteiger partial charge in [-0.05, 0) is 61.2 Å². The molecule has 0 radical (unpaired) electrons. The number of esters is 1. The van der Waals surface area contributed by atoms with Crippen LogP contribution in [0.4, 0.5) is 5.69 Å². The molecule has 4 rings (SSSR count). The Hall–Kier alpha value is -4.58. The van der Waals surface area contributed by atoms with Crippen molar-refractivity contribution in [2.24, 2.45) is 5.10 Å². The first kappa shape index (κ1) is 30.4. The summed E-state index contributed by atoms with van der Waals surface area (Å²) in [6.07, 6.45) is 0.111. The number of carbonyl (C=O) groups excluding carboxylic acids is 1. The third-order valence-electron chi connectivity index (χ3n) is 6.59. The number of para-hydroxylation sites is 1. The van der Waals surface area contributed by atoms with Gasteiger partial charge >= 0.3 is 11.7 Å². The molecule has 0 spiro atoms. The number of carbonyl (C=O) groups is 1. The number of rotatable bonds is 9. The maximum Gasteiger partial charge on any atom is 0.346 e. The molecule has 1 heterocycles. The van der Waals surface area contributed by atoms with Gasteiger partial charge in [0.05, 0.1) is 36.3 Å². The van der Waals surface area contributed by atoms with E-state index in [1.807, 2.05) is 32.9 Å². The van der Waals surface area contributed by atoms with E-state index in [1.165, 1.54) is 32.4 Å². The number of aromatic nitrogens is 2. The number of hydrogen-bond donors (Lipinski definition) is 0. The van der Waals surface area contributed by atoms with Crippen LogP contribution in [0.3, 0.4) is 0 Å². The summed E-state index contributed by atoms with van der Waals surface area (Å²) in [5, 5.41) is 16.7. The zero-order valence-electron chi connectivity index (χ0n) is 23.9. The molecular weight excluding hydrogens is 608 g/mol. The van der Waals surface area contributed by atoms with Crippen molar-refractivity contribution in [2.75, 3.05) is 14.2 Å². The lowest BCUT2D eigenvalue weighted by molar-refractivity contribution is -0.386. The molecule has 0 amide bonds. The van der Waals surface area contributed by atoms with Gasteiger partial charge in [-0.25, -0.2) is 9.78 Å². The van der Waals surface area contributed by atoms with E-state index < -0.39 is 28.2 Å². The van der Waals surface area contributed by atoms with Gasteiger partial charge < -0.3 is 14.2 Å². The summed E-state index contributed by atoms with van der Waals surface area (Å²) < 4.78 is 17.5. The average Bonchev–Trinajstić information content (AvgIpc) is 2.96. The van der Waals surface area contributed by atoms with E-state index in [1.54, 1.807) is 31.4 Å². The topological polar surface area (TPSA) is 135 Å². The molecule has 0 aliphatic carbocycles. The predicted octanol–water partition coefficient (Wildman–Crippen LogP) is 6.00. The van der Waals surface area contributed by atoms with Crippen LogP contribution in [0, 0.1) is 17.0 Å². The smallest absolute Gasteiger partial charge is 0.346 e. The Kier molecular flexibility index (Phi) is 9.05. The van der Waals surface area contributed by atoms with Gasteiger partial charge in [0.25, 0.3) is 5.56 Å². The van der Waals surface area contributed by atoms with Crippen molar-refractivity contribution in [3.63, 3.8) is 0 Å². The Balaban J connectivity index is 1.99. The molecule has 0 N–H and O–H groups in total. The molecule has 0 aliphatic heterocycles. The number of methoxy groups -OCH3 is 2. The van der Waals surface area contributed by atoms with Gasteiger partial charge in [0, 0.05) is 21.7 Å². The maximum atomic E-state index is 13.8. The van der Waals surface area contributed by atoms with Gasteiger partial charge in [0.15, 0.2) is 11.9 Å². The van der Waals surface area contributed by atoms with Crippen molar-refractivity contribution in [1.82, 2.24) is 9.66 Å². The summed E-state index contributed by atoms with van der Waals surface area (Å²) in [5.74, 6) is 0.167. The predicted molar refractivity (Wildman–Crippen MR) is 163 cm³/mol. The molecule has 42 heavy (non-hydrogen) atoms. The third kappa shape index (κ3) is 6.03. The molecule has 0 saturated heterocycles. The maximum absolute atomic E-state index is 13.8. The first-order valence-electron chi connectivity index (χ1n) is 12.9. The Bertz CT molecular complexity index is 1780. The van der Waals surface area contributed by atoms with Crippen molar-refractivity contribution in [3.05, 3.63) is 90.2 Å². The van der Waals surface area contributed by atoms with Crippen LogP contribution in [0.1, 0.15) is 43.4 Å². The molecule has 0 unspecified atom stereocenters. The molecule has 0 fully saturated rings. The number of ether oxygens (including phenoxy) is 3. The van der Waals surface area contributed by atoms with Gasteiger partial charge in [-0.3, -0.25) is 14.9 Å². The van der Waals surface area contributed by atoms with E-state index in [-0.39, 0.29) is 23.1 Å². The fourth-order valence-electron chi connectivity index (χ4n) is 4.44. The minimum Gasteiger partial charge on any atom is -0.496 e. The van der Waals surface area contributed by atoms with E-state index in [4.69, 9.17) is 19.2 Å². The van der Waals surface area contributed by atoms with Crippen LogP contribution >= 0.6 is 15.9 Å². The minimum atomic E-state index is -1.15. The van der Waals surface area contributed by atoms with Crippen molar-refractivity contribution in [2.45, 2.75) is 39.7 Å². The van der Waals surface area contributed by atoms with Crippen LogP contribution < -0.4 is 15.0 Å². The summed E-state index contributed by atoms with van der Waals surface area (Å²) in [5.41, 5.74) is 2.17. The minimum absolute atomic E-state index is 0.113. The Morgan fingerprint density at radius 3 is 2.50 bits per heavy atom. The molecule has 12 heteroatoms. The second-order valence-electron chi connectivity index (χ2n) is 9.76. The quantitative estimate of drug-likeness (QED) is 0.0945. The number of nitrogens with zero attached hydrogens (tertiary/aromatic N) is 4. The molecule has 1 atom stereocenters. The second kappa shape index (κ2) is 12.5. The van der Waals surface area contributed by atoms with Crippen LogP contribution in [0.15, 0.2) is 62.9 Å². The Labute approximate surface area is 250 Å². The summed E-state index contributed by atoms with van der Waals surface area (Å²) in [4.78, 5) is 41.9. The average molecular weight is 637 g/mol. The van der Waals surface area contributed by atoms with Gasteiger partial charge in [-0.15, -0.1) is 0 Å². The van der Waals surface area contributed by atoms with Crippen LogP contribution in [0.2, 0.25) is 0 Å². The van der Waals surface area contributed by atoms with Crippen molar-refractivity contribution in [1.29, 1.82) is 0 Å². The van der Waals surface area contributed by atoms with Crippen LogP contribution in [-0.2, 0) is 9.53 Å². The van der Waals surface area contributed by atoms with Crippen molar-refractivity contribution >= 4 is 44.7 Å². The number of aryl methyl sites for hydroxylation is 1. The molecule has 1 aromatic heterocycles. The summed E-state index contributed by atoms with van der Waals surface area (Å²) in [6.45, 7) is 7.36. The van der Waals surface area contributed by atoms with Gasteiger partial charge in [0.1, 0.15) is 5.75 Å². The normalized spacial score (nSPS) is 12.1. The van der Waals surface area contributed by atoms with E-state index >= 15 is 0 Å². The van der Waals surface area contributed by atoms with Gasteiger partial charge in [0.2, 0.25) is 5.75 Å².